The Hall–Kier alpha value is -0.940. The van der Waals surface area contributed by atoms with Gasteiger partial charge in [-0.25, -0.2) is 9.78 Å². The zero-order valence-corrected chi connectivity index (χ0v) is 7.57. The van der Waals surface area contributed by atoms with Crippen LogP contribution in [0.25, 0.3) is 0 Å². The Labute approximate surface area is 76.8 Å². The summed E-state index contributed by atoms with van der Waals surface area (Å²) in [5.74, 6) is -2.61. The van der Waals surface area contributed by atoms with Crippen molar-refractivity contribution >= 4 is 34.7 Å². The van der Waals surface area contributed by atoms with Gasteiger partial charge in [-0.15, -0.1) is 11.3 Å². The van der Waals surface area contributed by atoms with E-state index in [1.165, 1.54) is 0 Å². The lowest BCUT2D eigenvalue weighted by molar-refractivity contribution is -0.131. The third kappa shape index (κ3) is 1.62. The number of Topliss-reactive ketones (excluding diaryl/α,β-unsaturated/α-hetero) is 1. The molecular weight excluding hydrogens is 202 g/mol. The normalized spacial score (nSPS) is 9.83. The van der Waals surface area contributed by atoms with E-state index in [1.807, 2.05) is 0 Å². The van der Waals surface area contributed by atoms with Crippen LogP contribution in [0.3, 0.4) is 0 Å². The summed E-state index contributed by atoms with van der Waals surface area (Å²) in [6.07, 6.45) is 0. The zero-order chi connectivity index (χ0) is 9.30. The van der Waals surface area contributed by atoms with Gasteiger partial charge in [0.1, 0.15) is 10.0 Å². The van der Waals surface area contributed by atoms with E-state index < -0.39 is 11.8 Å². The topological polar surface area (TPSA) is 67.3 Å². The minimum absolute atomic E-state index is 0.125. The molecule has 0 saturated carbocycles. The molecule has 0 atom stereocenters. The molecule has 0 amide bonds. The molecule has 0 aliphatic carbocycles. The molecule has 0 bridgehead atoms. The highest BCUT2D eigenvalue weighted by molar-refractivity contribution is 7.16. The molecule has 1 heterocycles. The maximum absolute atomic E-state index is 10.8. The van der Waals surface area contributed by atoms with Crippen LogP contribution >= 0.6 is 22.9 Å². The van der Waals surface area contributed by atoms with Crippen LogP contribution in [0, 0.1) is 6.92 Å². The molecular formula is C6H4ClNO3S. The molecule has 0 unspecified atom stereocenters. The van der Waals surface area contributed by atoms with E-state index in [0.717, 1.165) is 11.3 Å². The van der Waals surface area contributed by atoms with E-state index in [4.69, 9.17) is 16.7 Å². The van der Waals surface area contributed by atoms with Crippen LogP contribution in [-0.4, -0.2) is 21.8 Å². The van der Waals surface area contributed by atoms with Crippen LogP contribution in [0.4, 0.5) is 0 Å². The Morgan fingerprint density at radius 1 is 1.58 bits per heavy atom. The Morgan fingerprint density at radius 3 is 2.50 bits per heavy atom. The number of ketones is 1. The molecule has 64 valence electrons. The number of carboxylic acids is 1. The number of hydrogen-bond acceptors (Lipinski definition) is 4. The molecule has 0 saturated heterocycles. The number of aryl methyl sites for hydroxylation is 1. The van der Waals surface area contributed by atoms with Gasteiger partial charge in [-0.2, -0.15) is 0 Å². The molecule has 1 aromatic rings. The van der Waals surface area contributed by atoms with Gasteiger partial charge in [0.25, 0.3) is 5.78 Å². The van der Waals surface area contributed by atoms with Crippen LogP contribution in [0.5, 0.6) is 0 Å². The van der Waals surface area contributed by atoms with Gasteiger partial charge >= 0.3 is 5.97 Å². The van der Waals surface area contributed by atoms with Crippen LogP contribution in [0.15, 0.2) is 0 Å². The summed E-state index contributed by atoms with van der Waals surface area (Å²) in [5.41, 5.74) is -0.174. The highest BCUT2D eigenvalue weighted by atomic mass is 35.5. The van der Waals surface area contributed by atoms with Crippen molar-refractivity contribution in [2.24, 2.45) is 0 Å². The summed E-state index contributed by atoms with van der Waals surface area (Å²) >= 11 is 6.64. The van der Waals surface area contributed by atoms with E-state index in [2.05, 4.69) is 4.98 Å². The molecule has 4 nitrogen and oxygen atoms in total. The standard InChI is InChI=1S/C6H4ClNO3S/c1-2-8-3(5(7)12-2)4(9)6(10)11/h1H3,(H,10,11). The Kier molecular flexibility index (Phi) is 2.44. The summed E-state index contributed by atoms with van der Waals surface area (Å²) in [6.45, 7) is 1.65. The number of carboxylic acid groups (broad SMARTS) is 1. The quantitative estimate of drug-likeness (QED) is 0.585. The number of aliphatic carboxylic acids is 1. The van der Waals surface area contributed by atoms with Crippen LogP contribution < -0.4 is 0 Å². The molecule has 0 fully saturated rings. The SMILES string of the molecule is Cc1nc(C(=O)C(=O)O)c(Cl)s1. The summed E-state index contributed by atoms with van der Waals surface area (Å²) in [7, 11) is 0. The van der Waals surface area contributed by atoms with E-state index in [0.29, 0.717) is 5.01 Å². The number of nitrogens with zero attached hydrogens (tertiary/aromatic N) is 1. The van der Waals surface area contributed by atoms with Crippen molar-refractivity contribution in [1.29, 1.82) is 0 Å². The minimum Gasteiger partial charge on any atom is -0.475 e. The molecule has 6 heteroatoms. The second kappa shape index (κ2) is 3.20. The highest BCUT2D eigenvalue weighted by Crippen LogP contribution is 2.23. The van der Waals surface area contributed by atoms with Gasteiger partial charge in [0, 0.05) is 0 Å². The van der Waals surface area contributed by atoms with E-state index in [1.54, 1.807) is 6.92 Å². The fourth-order valence-electron chi connectivity index (χ4n) is 0.644. The summed E-state index contributed by atoms with van der Waals surface area (Å²) in [6, 6.07) is 0. The van der Waals surface area contributed by atoms with E-state index in [9.17, 15) is 9.59 Å². The molecule has 1 rings (SSSR count). The van der Waals surface area contributed by atoms with Crippen molar-refractivity contribution in [3.05, 3.63) is 15.0 Å². The molecule has 12 heavy (non-hydrogen) atoms. The molecule has 1 aromatic heterocycles. The summed E-state index contributed by atoms with van der Waals surface area (Å²) < 4.78 is 0.125. The third-order valence-corrected chi connectivity index (χ3v) is 2.27. The maximum atomic E-state index is 10.8. The summed E-state index contributed by atoms with van der Waals surface area (Å²) in [4.78, 5) is 24.7. The lowest BCUT2D eigenvalue weighted by Gasteiger charge is -1.87. The van der Waals surface area contributed by atoms with Crippen molar-refractivity contribution in [1.82, 2.24) is 4.98 Å². The zero-order valence-electron chi connectivity index (χ0n) is 6.00. The highest BCUT2D eigenvalue weighted by Gasteiger charge is 2.21. The molecule has 0 aliphatic heterocycles. The van der Waals surface area contributed by atoms with Crippen molar-refractivity contribution < 1.29 is 14.7 Å². The monoisotopic (exact) mass is 205 g/mol. The first-order valence-electron chi connectivity index (χ1n) is 2.93. The Morgan fingerprint density at radius 2 is 2.17 bits per heavy atom. The van der Waals surface area contributed by atoms with Crippen molar-refractivity contribution in [3.8, 4) is 0 Å². The molecule has 1 N–H and O–H groups in total. The first kappa shape index (κ1) is 9.15. The van der Waals surface area contributed by atoms with Crippen molar-refractivity contribution in [2.75, 3.05) is 0 Å². The lowest BCUT2D eigenvalue weighted by atomic mass is 10.3. The molecule has 0 aromatic carbocycles. The fraction of sp³-hybridized carbons (Fsp3) is 0.167. The predicted octanol–water partition coefficient (Wildman–Crippen LogP) is 1.37. The van der Waals surface area contributed by atoms with Crippen molar-refractivity contribution in [3.63, 3.8) is 0 Å². The number of aromatic nitrogens is 1. The average molecular weight is 206 g/mol. The van der Waals surface area contributed by atoms with Crippen LogP contribution in [0.2, 0.25) is 4.34 Å². The number of carbonyl (C=O) groups is 2. The Balaban J connectivity index is 3.11. The fourth-order valence-corrected chi connectivity index (χ4v) is 1.74. The largest absolute Gasteiger partial charge is 0.475 e. The van der Waals surface area contributed by atoms with Gasteiger partial charge in [0.05, 0.1) is 5.01 Å². The average Bonchev–Trinajstić information content (AvgIpc) is 2.28. The molecule has 0 aliphatic rings. The second-order valence-corrected chi connectivity index (χ2v) is 3.79. The van der Waals surface area contributed by atoms with Gasteiger partial charge in [0.2, 0.25) is 0 Å². The maximum Gasteiger partial charge on any atom is 0.379 e. The van der Waals surface area contributed by atoms with E-state index in [-0.39, 0.29) is 10.0 Å². The van der Waals surface area contributed by atoms with Crippen LogP contribution in [0.1, 0.15) is 15.5 Å². The first-order chi connectivity index (χ1) is 5.52. The lowest BCUT2D eigenvalue weighted by Crippen LogP contribution is -2.13. The van der Waals surface area contributed by atoms with Gasteiger partial charge < -0.3 is 5.11 Å². The number of hydrogen-bond donors (Lipinski definition) is 1. The van der Waals surface area contributed by atoms with Crippen molar-refractivity contribution in [2.45, 2.75) is 6.92 Å². The number of thiazole rings is 1. The van der Waals surface area contributed by atoms with E-state index >= 15 is 0 Å². The number of carbonyl (C=O) groups excluding carboxylic acids is 1. The molecule has 0 spiro atoms. The van der Waals surface area contributed by atoms with Gasteiger partial charge in [-0.1, -0.05) is 11.6 Å². The van der Waals surface area contributed by atoms with Crippen LogP contribution in [-0.2, 0) is 4.79 Å². The predicted molar refractivity (Wildman–Crippen MR) is 43.8 cm³/mol. The second-order valence-electron chi connectivity index (χ2n) is 1.99. The minimum atomic E-state index is -1.54. The molecule has 0 radical (unpaired) electrons. The third-order valence-electron chi connectivity index (χ3n) is 1.10. The number of halogens is 1. The van der Waals surface area contributed by atoms with Gasteiger partial charge in [0.15, 0.2) is 0 Å². The van der Waals surface area contributed by atoms with Gasteiger partial charge in [-0.3, -0.25) is 4.79 Å². The first-order valence-corrected chi connectivity index (χ1v) is 4.12. The summed E-state index contributed by atoms with van der Waals surface area (Å²) in [5, 5.41) is 8.90. The Bertz CT molecular complexity index is 347. The number of rotatable bonds is 2. The van der Waals surface area contributed by atoms with Gasteiger partial charge in [-0.05, 0) is 6.92 Å². The smallest absolute Gasteiger partial charge is 0.379 e.